The Bertz CT molecular complexity index is 26.5. The van der Waals surface area contributed by atoms with Crippen LogP contribution in [0.25, 0.3) is 0 Å². The van der Waals surface area contributed by atoms with E-state index in [2.05, 4.69) is 0 Å². The minimum Gasteiger partial charge on any atom is -0.871 e. The summed E-state index contributed by atoms with van der Waals surface area (Å²) in [5.74, 6) is 0. The summed E-state index contributed by atoms with van der Waals surface area (Å²) in [4.78, 5) is 0. The Balaban J connectivity index is -0.0000000720. The van der Waals surface area contributed by atoms with Gasteiger partial charge in [-0.15, -0.1) is 0 Å². The van der Waals surface area contributed by atoms with Gasteiger partial charge in [0.05, 0.1) is 7.32 Å². The van der Waals surface area contributed by atoms with Gasteiger partial charge in [-0.3, -0.25) is 0 Å². The second-order valence-electron chi connectivity index (χ2n) is 0.653. The van der Waals surface area contributed by atoms with Crippen LogP contribution >= 0.6 is 0 Å². The van der Waals surface area contributed by atoms with Crippen molar-refractivity contribution in [3.63, 3.8) is 0 Å². The fourth-order valence-electron chi connectivity index (χ4n) is 0. The minimum atomic E-state index is -2.67. The second kappa shape index (κ2) is 11.3. The smallest absolute Gasteiger partial charge is 0.871 e. The van der Waals surface area contributed by atoms with E-state index in [1.165, 1.54) is 0 Å². The summed E-state index contributed by atoms with van der Waals surface area (Å²) in [6.07, 6.45) is 0. The standard InChI is InChI=1S/BH3O3.BHO3.Zn/c2*2-1(3)4;/h2-4H;2H;/q;-2;+2. The maximum Gasteiger partial charge on any atom is 2.00 e. The number of hydrogen-bond donors (Lipinski definition) is 4. The van der Waals surface area contributed by atoms with E-state index >= 15 is 0 Å². The van der Waals surface area contributed by atoms with E-state index in [1.807, 2.05) is 0 Å². The van der Waals surface area contributed by atoms with Crippen molar-refractivity contribution in [2.75, 3.05) is 0 Å². The molecule has 4 N–H and O–H groups in total. The van der Waals surface area contributed by atoms with Crippen molar-refractivity contribution < 1.29 is 49.6 Å². The van der Waals surface area contributed by atoms with E-state index in [1.54, 1.807) is 0 Å². The molecule has 0 rings (SSSR count). The molecule has 0 aromatic rings. The van der Waals surface area contributed by atoms with Crippen molar-refractivity contribution in [2.24, 2.45) is 0 Å². The van der Waals surface area contributed by atoms with Gasteiger partial charge in [0.15, 0.2) is 0 Å². The third-order valence-electron chi connectivity index (χ3n) is 0. The van der Waals surface area contributed by atoms with E-state index in [-0.39, 0.29) is 19.5 Å². The first-order valence-electron chi connectivity index (χ1n) is 1.50. The fourth-order valence-corrected chi connectivity index (χ4v) is 0. The quantitative estimate of drug-likeness (QED) is 0.280. The molecule has 9 heavy (non-hydrogen) atoms. The van der Waals surface area contributed by atoms with Gasteiger partial charge in [0, 0.05) is 0 Å². The van der Waals surface area contributed by atoms with Crippen LogP contribution in [-0.4, -0.2) is 34.7 Å². The molecular weight excluding hydrogens is 183 g/mol. The molecule has 48 valence electrons. The van der Waals surface area contributed by atoms with Gasteiger partial charge in [-0.2, -0.15) is 0 Å². The molecule has 0 amide bonds. The average Bonchev–Trinajstić information content (AvgIpc) is 1.25. The SMILES string of the molecule is OB(O)O.[O-]B([O-])O.[Zn+2]. The first-order valence-corrected chi connectivity index (χ1v) is 1.50. The zero-order valence-electron chi connectivity index (χ0n) is 4.47. The Labute approximate surface area is 64.9 Å². The Morgan fingerprint density at radius 3 is 0.889 bits per heavy atom. The van der Waals surface area contributed by atoms with Crippen molar-refractivity contribution in [1.29, 1.82) is 0 Å². The summed E-state index contributed by atoms with van der Waals surface area (Å²) in [6, 6.07) is 0. The average molecular weight is 187 g/mol. The van der Waals surface area contributed by atoms with Crippen LogP contribution < -0.4 is 10.0 Å². The summed E-state index contributed by atoms with van der Waals surface area (Å²) in [7, 11) is -4.83. The van der Waals surface area contributed by atoms with Crippen LogP contribution in [0.5, 0.6) is 0 Å². The normalized spacial score (nSPS) is 6.00. The minimum absolute atomic E-state index is 0. The summed E-state index contributed by atoms with van der Waals surface area (Å²) in [6.45, 7) is 0. The molecular formula is H4B2O6Zn. The molecule has 0 aromatic heterocycles. The van der Waals surface area contributed by atoms with Crippen molar-refractivity contribution in [3.05, 3.63) is 0 Å². The van der Waals surface area contributed by atoms with Gasteiger partial charge >= 0.3 is 26.8 Å². The van der Waals surface area contributed by atoms with E-state index in [9.17, 15) is 0 Å². The molecule has 6 nitrogen and oxygen atoms in total. The molecule has 0 aliphatic carbocycles. The third-order valence-corrected chi connectivity index (χ3v) is 0. The molecule has 0 unspecified atom stereocenters. The number of hydrogen-bond acceptors (Lipinski definition) is 6. The Hall–Kier alpha value is 0.513. The van der Waals surface area contributed by atoms with Crippen LogP contribution in [0.1, 0.15) is 0 Å². The molecule has 0 bridgehead atoms. The zero-order valence-corrected chi connectivity index (χ0v) is 7.43. The van der Waals surface area contributed by atoms with Crippen LogP contribution in [0, 0.1) is 0 Å². The Morgan fingerprint density at radius 1 is 0.889 bits per heavy atom. The van der Waals surface area contributed by atoms with E-state index in [0.717, 1.165) is 0 Å². The Kier molecular flexibility index (Phi) is 20.5. The first kappa shape index (κ1) is 16.3. The van der Waals surface area contributed by atoms with Crippen LogP contribution in [0.15, 0.2) is 0 Å². The van der Waals surface area contributed by atoms with Crippen molar-refractivity contribution in [1.82, 2.24) is 0 Å². The van der Waals surface area contributed by atoms with Crippen LogP contribution in [0.4, 0.5) is 0 Å². The van der Waals surface area contributed by atoms with Crippen molar-refractivity contribution in [3.8, 4) is 0 Å². The molecule has 0 saturated carbocycles. The molecule has 9 heteroatoms. The summed E-state index contributed by atoms with van der Waals surface area (Å²) in [5.41, 5.74) is 0. The van der Waals surface area contributed by atoms with Crippen molar-refractivity contribution >= 4 is 14.6 Å². The van der Waals surface area contributed by atoms with Crippen LogP contribution in [0.2, 0.25) is 0 Å². The molecule has 0 saturated heterocycles. The van der Waals surface area contributed by atoms with Gasteiger partial charge in [-0.1, -0.05) is 0 Å². The van der Waals surface area contributed by atoms with Crippen LogP contribution in [-0.2, 0) is 19.5 Å². The van der Waals surface area contributed by atoms with E-state index in [4.69, 9.17) is 30.1 Å². The number of rotatable bonds is 0. The predicted octanol–water partition coefficient (Wildman–Crippen LogP) is -5.37. The molecule has 0 radical (unpaired) electrons. The maximum atomic E-state index is 8.53. The molecule has 0 aromatic carbocycles. The largest absolute Gasteiger partial charge is 2.00 e. The Morgan fingerprint density at radius 2 is 0.889 bits per heavy atom. The van der Waals surface area contributed by atoms with Crippen LogP contribution in [0.3, 0.4) is 0 Å². The molecule has 0 fully saturated rings. The van der Waals surface area contributed by atoms with Gasteiger partial charge < -0.3 is 30.1 Å². The molecule has 0 aliphatic heterocycles. The monoisotopic (exact) mass is 186 g/mol. The van der Waals surface area contributed by atoms with E-state index < -0.39 is 14.6 Å². The van der Waals surface area contributed by atoms with Gasteiger partial charge in [-0.25, -0.2) is 0 Å². The predicted molar refractivity (Wildman–Crippen MR) is 20.4 cm³/mol. The van der Waals surface area contributed by atoms with E-state index in [0.29, 0.717) is 0 Å². The third kappa shape index (κ3) is 1370. The summed E-state index contributed by atoms with van der Waals surface area (Å²) in [5, 5.41) is 45.5. The van der Waals surface area contributed by atoms with Gasteiger partial charge in [0.2, 0.25) is 0 Å². The zero-order chi connectivity index (χ0) is 7.15. The van der Waals surface area contributed by atoms with Gasteiger partial charge in [0.1, 0.15) is 0 Å². The van der Waals surface area contributed by atoms with Crippen molar-refractivity contribution in [2.45, 2.75) is 0 Å². The topological polar surface area (TPSA) is 127 Å². The fraction of sp³-hybridized carbons (Fsp3) is 0. The molecule has 0 heterocycles. The van der Waals surface area contributed by atoms with Gasteiger partial charge in [-0.05, 0) is 0 Å². The molecule has 0 aliphatic rings. The molecule has 0 spiro atoms. The first-order chi connectivity index (χ1) is 3.46. The summed E-state index contributed by atoms with van der Waals surface area (Å²) >= 11 is 0. The maximum absolute atomic E-state index is 8.53. The molecule has 0 atom stereocenters. The second-order valence-corrected chi connectivity index (χ2v) is 0.653. The van der Waals surface area contributed by atoms with Gasteiger partial charge in [0.25, 0.3) is 0 Å². The summed E-state index contributed by atoms with van der Waals surface area (Å²) < 4.78 is 0.